The number of hydrogen-bond acceptors (Lipinski definition) is 3. The first-order valence-electron chi connectivity index (χ1n) is 5.55. The van der Waals surface area contributed by atoms with E-state index in [9.17, 15) is 4.79 Å². The maximum atomic E-state index is 12.2. The standard InChI is InChI=1S/C12H12N4O/c17-12(10-3-1-2-4-13-10)16-8-7-15-6-5-14-11(15)9-16/h1-6H,7-9H2. The lowest BCUT2D eigenvalue weighted by molar-refractivity contribution is 0.0701. The number of fused-ring (bicyclic) bond motifs is 1. The molecule has 0 unspecified atom stereocenters. The van der Waals surface area contributed by atoms with Crippen molar-refractivity contribution in [1.29, 1.82) is 0 Å². The summed E-state index contributed by atoms with van der Waals surface area (Å²) in [5, 5.41) is 0. The molecule has 1 aliphatic heterocycles. The van der Waals surface area contributed by atoms with E-state index in [1.54, 1.807) is 29.4 Å². The number of aromatic nitrogens is 3. The number of pyridine rings is 1. The molecule has 0 spiro atoms. The third kappa shape index (κ3) is 1.80. The number of nitrogens with zero attached hydrogens (tertiary/aromatic N) is 4. The van der Waals surface area contributed by atoms with Crippen molar-refractivity contribution >= 4 is 5.91 Å². The van der Waals surface area contributed by atoms with Crippen LogP contribution in [0.5, 0.6) is 0 Å². The number of carbonyl (C=O) groups excluding carboxylic acids is 1. The Balaban J connectivity index is 1.81. The van der Waals surface area contributed by atoms with Gasteiger partial charge in [0, 0.05) is 31.7 Å². The van der Waals surface area contributed by atoms with Crippen LogP contribution in [0, 0.1) is 0 Å². The fourth-order valence-corrected chi connectivity index (χ4v) is 2.00. The summed E-state index contributed by atoms with van der Waals surface area (Å²) in [6, 6.07) is 5.37. The highest BCUT2D eigenvalue weighted by Gasteiger charge is 2.22. The van der Waals surface area contributed by atoms with Gasteiger partial charge in [0.1, 0.15) is 11.5 Å². The van der Waals surface area contributed by atoms with Gasteiger partial charge in [-0.3, -0.25) is 9.78 Å². The maximum Gasteiger partial charge on any atom is 0.272 e. The Bertz CT molecular complexity index is 534. The number of rotatable bonds is 1. The normalized spacial score (nSPS) is 14.5. The second-order valence-electron chi connectivity index (χ2n) is 3.98. The molecular weight excluding hydrogens is 216 g/mol. The summed E-state index contributed by atoms with van der Waals surface area (Å²) >= 11 is 0. The van der Waals surface area contributed by atoms with Gasteiger partial charge in [0.25, 0.3) is 5.91 Å². The third-order valence-corrected chi connectivity index (χ3v) is 2.92. The van der Waals surface area contributed by atoms with Crippen molar-refractivity contribution in [3.05, 3.63) is 48.3 Å². The van der Waals surface area contributed by atoms with Gasteiger partial charge >= 0.3 is 0 Å². The zero-order valence-electron chi connectivity index (χ0n) is 9.28. The Morgan fingerprint density at radius 2 is 2.12 bits per heavy atom. The van der Waals surface area contributed by atoms with Crippen LogP contribution in [0.3, 0.4) is 0 Å². The molecule has 3 rings (SSSR count). The van der Waals surface area contributed by atoms with Gasteiger partial charge in [0.05, 0.1) is 6.54 Å². The first-order chi connectivity index (χ1) is 8.34. The molecule has 0 bridgehead atoms. The van der Waals surface area contributed by atoms with E-state index in [4.69, 9.17) is 0 Å². The highest BCUT2D eigenvalue weighted by atomic mass is 16.2. The van der Waals surface area contributed by atoms with Crippen LogP contribution in [-0.4, -0.2) is 31.9 Å². The zero-order chi connectivity index (χ0) is 11.7. The predicted octanol–water partition coefficient (Wildman–Crippen LogP) is 0.934. The number of carbonyl (C=O) groups is 1. The molecule has 5 nitrogen and oxygen atoms in total. The van der Waals surface area contributed by atoms with Gasteiger partial charge in [-0.1, -0.05) is 6.07 Å². The van der Waals surface area contributed by atoms with Crippen LogP contribution in [0.15, 0.2) is 36.8 Å². The van der Waals surface area contributed by atoms with E-state index >= 15 is 0 Å². The lowest BCUT2D eigenvalue weighted by Gasteiger charge is -2.27. The first-order valence-corrected chi connectivity index (χ1v) is 5.55. The summed E-state index contributed by atoms with van der Waals surface area (Å²) in [5.41, 5.74) is 0.493. The molecule has 0 fully saturated rings. The highest BCUT2D eigenvalue weighted by Crippen LogP contribution is 2.12. The molecule has 0 N–H and O–H groups in total. The zero-order valence-corrected chi connectivity index (χ0v) is 9.28. The molecule has 5 heteroatoms. The Morgan fingerprint density at radius 3 is 2.94 bits per heavy atom. The third-order valence-electron chi connectivity index (χ3n) is 2.92. The number of hydrogen-bond donors (Lipinski definition) is 0. The second-order valence-corrected chi connectivity index (χ2v) is 3.98. The smallest absolute Gasteiger partial charge is 0.272 e. The monoisotopic (exact) mass is 228 g/mol. The van der Waals surface area contributed by atoms with Gasteiger partial charge in [0.2, 0.25) is 0 Å². The summed E-state index contributed by atoms with van der Waals surface area (Å²) in [6.45, 7) is 2.06. The van der Waals surface area contributed by atoms with Crippen molar-refractivity contribution < 1.29 is 4.79 Å². The van der Waals surface area contributed by atoms with Gasteiger partial charge in [-0.25, -0.2) is 4.98 Å². The minimum Gasteiger partial charge on any atom is -0.332 e. The summed E-state index contributed by atoms with van der Waals surface area (Å²) in [6.07, 6.45) is 5.35. The van der Waals surface area contributed by atoms with Gasteiger partial charge in [0.15, 0.2) is 0 Å². The molecule has 0 aliphatic carbocycles. The van der Waals surface area contributed by atoms with E-state index in [0.717, 1.165) is 12.4 Å². The molecule has 1 aliphatic rings. The molecule has 2 aromatic rings. The van der Waals surface area contributed by atoms with Crippen molar-refractivity contribution in [3.8, 4) is 0 Å². The van der Waals surface area contributed by atoms with Gasteiger partial charge < -0.3 is 9.47 Å². The summed E-state index contributed by atoms with van der Waals surface area (Å²) in [4.78, 5) is 22.3. The Labute approximate surface area is 98.7 Å². The topological polar surface area (TPSA) is 51.0 Å². The second kappa shape index (κ2) is 4.01. The molecule has 3 heterocycles. The average molecular weight is 228 g/mol. The quantitative estimate of drug-likeness (QED) is 0.729. The molecule has 0 saturated heterocycles. The van der Waals surface area contributed by atoms with Gasteiger partial charge in [-0.05, 0) is 12.1 Å². The molecule has 2 aromatic heterocycles. The molecule has 0 aromatic carbocycles. The van der Waals surface area contributed by atoms with Crippen LogP contribution in [0.4, 0.5) is 0 Å². The van der Waals surface area contributed by atoms with Crippen molar-refractivity contribution in [2.75, 3.05) is 6.54 Å². The van der Waals surface area contributed by atoms with Crippen molar-refractivity contribution in [2.45, 2.75) is 13.1 Å². The van der Waals surface area contributed by atoms with Crippen LogP contribution in [0.25, 0.3) is 0 Å². The van der Waals surface area contributed by atoms with Gasteiger partial charge in [-0.15, -0.1) is 0 Å². The van der Waals surface area contributed by atoms with Crippen LogP contribution in [0.2, 0.25) is 0 Å². The fraction of sp³-hybridized carbons (Fsp3) is 0.250. The van der Waals surface area contributed by atoms with Crippen molar-refractivity contribution in [2.24, 2.45) is 0 Å². The molecule has 0 saturated carbocycles. The fourth-order valence-electron chi connectivity index (χ4n) is 2.00. The molecule has 86 valence electrons. The lowest BCUT2D eigenvalue weighted by Crippen LogP contribution is -2.38. The minimum atomic E-state index is -0.0279. The molecule has 0 atom stereocenters. The Morgan fingerprint density at radius 1 is 1.18 bits per heavy atom. The van der Waals surface area contributed by atoms with E-state index < -0.39 is 0 Å². The van der Waals surface area contributed by atoms with Crippen LogP contribution < -0.4 is 0 Å². The predicted molar refractivity (Wildman–Crippen MR) is 61.2 cm³/mol. The van der Waals surface area contributed by atoms with E-state index in [1.165, 1.54) is 0 Å². The Kier molecular flexibility index (Phi) is 2.36. The number of imidazole rings is 1. The van der Waals surface area contributed by atoms with Crippen LogP contribution in [0.1, 0.15) is 16.3 Å². The molecule has 1 amide bonds. The van der Waals surface area contributed by atoms with Crippen LogP contribution >= 0.6 is 0 Å². The van der Waals surface area contributed by atoms with Gasteiger partial charge in [-0.2, -0.15) is 0 Å². The summed E-state index contributed by atoms with van der Waals surface area (Å²) in [5.74, 6) is 0.903. The molecular formula is C12H12N4O. The minimum absolute atomic E-state index is 0.0279. The van der Waals surface area contributed by atoms with Crippen molar-refractivity contribution in [1.82, 2.24) is 19.4 Å². The highest BCUT2D eigenvalue weighted by molar-refractivity contribution is 5.92. The van der Waals surface area contributed by atoms with Crippen molar-refractivity contribution in [3.63, 3.8) is 0 Å². The lowest BCUT2D eigenvalue weighted by atomic mass is 10.3. The van der Waals surface area contributed by atoms with E-state index in [2.05, 4.69) is 14.5 Å². The Hall–Kier alpha value is -2.17. The molecule has 0 radical (unpaired) electrons. The van der Waals surface area contributed by atoms with E-state index in [-0.39, 0.29) is 5.91 Å². The maximum absolute atomic E-state index is 12.2. The summed E-state index contributed by atoms with van der Waals surface area (Å²) in [7, 11) is 0. The average Bonchev–Trinajstić information content (AvgIpc) is 2.86. The van der Waals surface area contributed by atoms with E-state index in [0.29, 0.717) is 18.8 Å². The number of amides is 1. The van der Waals surface area contributed by atoms with E-state index in [1.807, 2.05) is 12.3 Å². The largest absolute Gasteiger partial charge is 0.332 e. The SMILES string of the molecule is O=C(c1ccccn1)N1CCn2ccnc2C1. The summed E-state index contributed by atoms with van der Waals surface area (Å²) < 4.78 is 2.07. The molecule has 17 heavy (non-hydrogen) atoms. The first kappa shape index (κ1) is 10.0. The van der Waals surface area contributed by atoms with Crippen LogP contribution in [-0.2, 0) is 13.1 Å².